The average Bonchev–Trinajstić information content (AvgIpc) is 2.53. The summed E-state index contributed by atoms with van der Waals surface area (Å²) in [5, 5.41) is 0. The van der Waals surface area contributed by atoms with E-state index >= 15 is 0 Å². The molecule has 2 heterocycles. The Bertz CT molecular complexity index is 417. The third-order valence-corrected chi connectivity index (χ3v) is 4.86. The number of halogens is 3. The van der Waals surface area contributed by atoms with Crippen LogP contribution < -0.4 is 0 Å². The van der Waals surface area contributed by atoms with Gasteiger partial charge in [-0.25, -0.2) is 8.78 Å². The third-order valence-electron chi connectivity index (χ3n) is 4.11. The van der Waals surface area contributed by atoms with Crippen LogP contribution in [0.3, 0.4) is 0 Å². The zero-order valence-electron chi connectivity index (χ0n) is 10.1. The minimum Gasteiger partial charge on any atom is -0.293 e. The number of benzene rings is 1. The first-order chi connectivity index (χ1) is 8.61. The van der Waals surface area contributed by atoms with Crippen LogP contribution in [0.15, 0.2) is 18.2 Å². The van der Waals surface area contributed by atoms with E-state index in [1.54, 1.807) is 0 Å². The maximum absolute atomic E-state index is 13.2. The van der Waals surface area contributed by atoms with Crippen LogP contribution in [0.2, 0.25) is 0 Å². The Morgan fingerprint density at radius 3 is 2.17 bits per heavy atom. The van der Waals surface area contributed by atoms with Crippen LogP contribution in [0.1, 0.15) is 31.2 Å². The zero-order valence-corrected chi connectivity index (χ0v) is 11.7. The van der Waals surface area contributed by atoms with E-state index in [9.17, 15) is 8.78 Å². The minimum atomic E-state index is -0.479. The summed E-state index contributed by atoms with van der Waals surface area (Å²) in [5.41, 5.74) is 0.748. The monoisotopic (exact) mass is 315 g/mol. The zero-order chi connectivity index (χ0) is 12.7. The van der Waals surface area contributed by atoms with Gasteiger partial charge in [0.2, 0.25) is 0 Å². The number of hydrogen-bond donors (Lipinski definition) is 0. The van der Waals surface area contributed by atoms with Gasteiger partial charge in [-0.15, -0.1) is 0 Å². The van der Waals surface area contributed by atoms with Gasteiger partial charge in [-0.05, 0) is 43.4 Å². The van der Waals surface area contributed by atoms with Gasteiger partial charge in [-0.3, -0.25) is 4.90 Å². The molecule has 98 valence electrons. The molecular weight excluding hydrogens is 300 g/mol. The molecule has 3 rings (SSSR count). The van der Waals surface area contributed by atoms with Crippen molar-refractivity contribution in [1.82, 2.24) is 4.90 Å². The molecule has 2 aliphatic rings. The molecule has 2 saturated heterocycles. The number of rotatable bonds is 2. The van der Waals surface area contributed by atoms with Gasteiger partial charge in [0.15, 0.2) is 0 Å². The molecule has 0 N–H and O–H groups in total. The van der Waals surface area contributed by atoms with Crippen LogP contribution in [-0.2, 0) is 6.54 Å². The number of fused-ring (bicyclic) bond motifs is 2. The van der Waals surface area contributed by atoms with Gasteiger partial charge in [0.25, 0.3) is 0 Å². The number of piperidine rings is 1. The van der Waals surface area contributed by atoms with Crippen LogP contribution in [0.4, 0.5) is 8.78 Å². The fourth-order valence-electron chi connectivity index (χ4n) is 3.38. The molecule has 2 bridgehead atoms. The van der Waals surface area contributed by atoms with Crippen LogP contribution in [0.5, 0.6) is 0 Å². The van der Waals surface area contributed by atoms with Gasteiger partial charge < -0.3 is 0 Å². The Balaban J connectivity index is 1.77. The molecule has 2 unspecified atom stereocenters. The van der Waals surface area contributed by atoms with Crippen LogP contribution >= 0.6 is 15.9 Å². The molecule has 0 radical (unpaired) electrons. The third kappa shape index (κ3) is 2.45. The second kappa shape index (κ2) is 4.89. The van der Waals surface area contributed by atoms with E-state index in [1.165, 1.54) is 25.0 Å². The number of alkyl halides is 1. The molecule has 1 aromatic rings. The summed E-state index contributed by atoms with van der Waals surface area (Å²) < 4.78 is 26.4. The van der Waals surface area contributed by atoms with Crippen molar-refractivity contribution in [2.45, 2.75) is 49.1 Å². The topological polar surface area (TPSA) is 3.24 Å². The first kappa shape index (κ1) is 12.5. The van der Waals surface area contributed by atoms with Crippen LogP contribution in [0.25, 0.3) is 0 Å². The highest BCUT2D eigenvalue weighted by atomic mass is 79.9. The maximum Gasteiger partial charge on any atom is 0.126 e. The molecule has 2 fully saturated rings. The van der Waals surface area contributed by atoms with Crippen molar-refractivity contribution >= 4 is 15.9 Å². The Hall–Kier alpha value is -0.480. The highest BCUT2D eigenvalue weighted by Gasteiger charge is 2.39. The van der Waals surface area contributed by atoms with Crippen LogP contribution in [-0.4, -0.2) is 21.8 Å². The maximum atomic E-state index is 13.2. The van der Waals surface area contributed by atoms with Crippen LogP contribution in [0, 0.1) is 11.6 Å². The molecular formula is C14H16BrF2N. The second-order valence-electron chi connectivity index (χ2n) is 5.40. The van der Waals surface area contributed by atoms with Crippen molar-refractivity contribution in [3.05, 3.63) is 35.4 Å². The van der Waals surface area contributed by atoms with E-state index < -0.39 is 11.6 Å². The summed E-state index contributed by atoms with van der Waals surface area (Å²) in [6, 6.07) is 4.97. The van der Waals surface area contributed by atoms with Gasteiger partial charge >= 0.3 is 0 Å². The molecule has 2 atom stereocenters. The summed E-state index contributed by atoms with van der Waals surface area (Å²) in [5.74, 6) is -0.958. The smallest absolute Gasteiger partial charge is 0.126 e. The normalized spacial score (nSPS) is 31.8. The predicted molar refractivity (Wildman–Crippen MR) is 70.7 cm³/mol. The molecule has 18 heavy (non-hydrogen) atoms. The van der Waals surface area contributed by atoms with E-state index in [1.807, 2.05) is 0 Å². The van der Waals surface area contributed by atoms with E-state index in [0.29, 0.717) is 23.5 Å². The Kier molecular flexibility index (Phi) is 3.41. The van der Waals surface area contributed by atoms with Gasteiger partial charge in [-0.2, -0.15) is 0 Å². The highest BCUT2D eigenvalue weighted by molar-refractivity contribution is 9.09. The summed E-state index contributed by atoms with van der Waals surface area (Å²) in [7, 11) is 0. The fraction of sp³-hybridized carbons (Fsp3) is 0.571. The van der Waals surface area contributed by atoms with Gasteiger partial charge in [0.05, 0.1) is 0 Å². The molecule has 1 aromatic carbocycles. The lowest BCUT2D eigenvalue weighted by Crippen LogP contribution is -2.42. The number of nitrogens with zero attached hydrogens (tertiary/aromatic N) is 1. The Morgan fingerprint density at radius 2 is 1.61 bits per heavy atom. The van der Waals surface area contributed by atoms with E-state index in [2.05, 4.69) is 20.8 Å². The highest BCUT2D eigenvalue weighted by Crippen LogP contribution is 2.39. The molecule has 4 heteroatoms. The lowest BCUT2D eigenvalue weighted by atomic mass is 10.0. The van der Waals surface area contributed by atoms with Gasteiger partial charge in [0, 0.05) is 29.5 Å². The van der Waals surface area contributed by atoms with E-state index in [-0.39, 0.29) is 0 Å². The second-order valence-corrected chi connectivity index (χ2v) is 6.70. The Labute approximate surface area is 114 Å². The summed E-state index contributed by atoms with van der Waals surface area (Å²) in [6.45, 7) is 0.670. The average molecular weight is 316 g/mol. The lowest BCUT2D eigenvalue weighted by Gasteiger charge is -2.37. The molecule has 0 amide bonds. The molecule has 0 aliphatic carbocycles. The summed E-state index contributed by atoms with van der Waals surface area (Å²) in [6.07, 6.45) is 4.72. The van der Waals surface area contributed by atoms with Crippen molar-refractivity contribution in [3.8, 4) is 0 Å². The van der Waals surface area contributed by atoms with E-state index in [4.69, 9.17) is 0 Å². The molecule has 0 aromatic heterocycles. The van der Waals surface area contributed by atoms with Gasteiger partial charge in [-0.1, -0.05) is 15.9 Å². The largest absolute Gasteiger partial charge is 0.293 e. The van der Waals surface area contributed by atoms with Gasteiger partial charge in [0.1, 0.15) is 11.6 Å². The van der Waals surface area contributed by atoms with Crippen molar-refractivity contribution in [2.24, 2.45) is 0 Å². The predicted octanol–water partition coefficient (Wildman–Crippen LogP) is 3.86. The first-order valence-electron chi connectivity index (χ1n) is 6.46. The Morgan fingerprint density at radius 1 is 1.06 bits per heavy atom. The van der Waals surface area contributed by atoms with Crippen molar-refractivity contribution in [3.63, 3.8) is 0 Å². The summed E-state index contributed by atoms with van der Waals surface area (Å²) >= 11 is 3.70. The molecule has 2 aliphatic heterocycles. The fourth-order valence-corrected chi connectivity index (χ4v) is 4.24. The van der Waals surface area contributed by atoms with Crippen molar-refractivity contribution < 1.29 is 8.78 Å². The minimum absolute atomic E-state index is 0.479. The van der Waals surface area contributed by atoms with E-state index in [0.717, 1.165) is 24.5 Å². The number of hydrogen-bond acceptors (Lipinski definition) is 1. The molecule has 0 spiro atoms. The summed E-state index contributed by atoms with van der Waals surface area (Å²) in [4.78, 5) is 3.03. The SMILES string of the molecule is Fc1cc(F)cc(CN2C3CCC2CC(Br)C3)c1. The standard InChI is InChI=1S/C14H16BrF2N/c15-10-5-13-1-2-14(6-10)18(13)8-9-3-11(16)7-12(17)4-9/h3-4,7,10,13-14H,1-2,5-6,8H2. The quantitative estimate of drug-likeness (QED) is 0.749. The first-order valence-corrected chi connectivity index (χ1v) is 7.38. The van der Waals surface area contributed by atoms with Crippen molar-refractivity contribution in [1.29, 1.82) is 0 Å². The lowest BCUT2D eigenvalue weighted by molar-refractivity contribution is 0.136. The molecule has 1 nitrogen and oxygen atoms in total. The van der Waals surface area contributed by atoms with Crippen molar-refractivity contribution in [2.75, 3.05) is 0 Å². The molecule has 0 saturated carbocycles.